The molecule has 1 aromatic heterocycles. The molecule has 0 amide bonds. The second kappa shape index (κ2) is 13.6. The Labute approximate surface area is 167 Å². The van der Waals surface area contributed by atoms with Crippen molar-refractivity contribution in [1.82, 2.24) is 9.88 Å². The molecule has 9 nitrogen and oxygen atoms in total. The molecule has 0 aromatic carbocycles. The van der Waals surface area contributed by atoms with Crippen molar-refractivity contribution in [3.63, 3.8) is 0 Å². The number of carbonyl (C=O) groups is 2. The molecule has 1 aliphatic rings. The molecule has 0 aliphatic carbocycles. The fraction of sp³-hybridized carbons (Fsp3) is 0.444. The standard InChI is InChI=1S/C14H20ClN3O2.C4H4O4/c15-14(12-5-4-6-16-9-12)17-20-11-13(19)10-18-7-2-1-3-8-18;5-3(6)1-2-4(7)8/h4-6,9,13,19H,1-3,7-8,10-11H2;1-2H,(H,5,6)(H,7,8)/b;2-1-/t13-;/m1./s1. The number of aliphatic carboxylic acids is 2. The number of piperidine rings is 1. The molecule has 1 aromatic rings. The van der Waals surface area contributed by atoms with Gasteiger partial charge in [0.25, 0.3) is 0 Å². The van der Waals surface area contributed by atoms with E-state index in [1.54, 1.807) is 24.5 Å². The van der Waals surface area contributed by atoms with Gasteiger partial charge in [-0.15, -0.1) is 0 Å². The Kier molecular flexibility index (Phi) is 11.5. The van der Waals surface area contributed by atoms with Crippen molar-refractivity contribution in [3.05, 3.63) is 42.2 Å². The summed E-state index contributed by atoms with van der Waals surface area (Å²) in [5.41, 5.74) is 0.694. The van der Waals surface area contributed by atoms with E-state index < -0.39 is 18.0 Å². The van der Waals surface area contributed by atoms with Crippen LogP contribution in [0.25, 0.3) is 0 Å². The van der Waals surface area contributed by atoms with Crippen molar-refractivity contribution in [2.45, 2.75) is 25.4 Å². The second-order valence-electron chi connectivity index (χ2n) is 5.94. The lowest BCUT2D eigenvalue weighted by Crippen LogP contribution is -2.38. The zero-order valence-corrected chi connectivity index (χ0v) is 16.0. The van der Waals surface area contributed by atoms with Crippen LogP contribution >= 0.6 is 11.6 Å². The smallest absolute Gasteiger partial charge is 0.328 e. The van der Waals surface area contributed by atoms with Crippen LogP contribution in [0.3, 0.4) is 0 Å². The summed E-state index contributed by atoms with van der Waals surface area (Å²) in [7, 11) is 0. The Morgan fingerprint density at radius 2 is 1.89 bits per heavy atom. The molecule has 10 heteroatoms. The van der Waals surface area contributed by atoms with Gasteiger partial charge in [-0.3, -0.25) is 4.98 Å². The summed E-state index contributed by atoms with van der Waals surface area (Å²) in [5.74, 6) is -2.51. The quantitative estimate of drug-likeness (QED) is 0.332. The number of rotatable bonds is 8. The molecule has 0 bridgehead atoms. The Hall–Kier alpha value is -2.49. The van der Waals surface area contributed by atoms with Gasteiger partial charge in [0.05, 0.1) is 0 Å². The van der Waals surface area contributed by atoms with E-state index in [0.29, 0.717) is 24.3 Å². The molecule has 1 aliphatic heterocycles. The molecular weight excluding hydrogens is 390 g/mol. The van der Waals surface area contributed by atoms with E-state index in [9.17, 15) is 14.7 Å². The summed E-state index contributed by atoms with van der Waals surface area (Å²) in [5, 5.41) is 29.5. The summed E-state index contributed by atoms with van der Waals surface area (Å²) in [6, 6.07) is 3.57. The largest absolute Gasteiger partial charge is 0.478 e. The minimum absolute atomic E-state index is 0.146. The average Bonchev–Trinajstić information content (AvgIpc) is 2.68. The first-order chi connectivity index (χ1) is 13.4. The fourth-order valence-electron chi connectivity index (χ4n) is 2.35. The second-order valence-corrected chi connectivity index (χ2v) is 6.30. The molecule has 0 saturated carbocycles. The number of hydrogen-bond donors (Lipinski definition) is 3. The SMILES string of the molecule is O=C(O)/C=C\C(=O)O.O[C@@H](CON=C(Cl)c1cccnc1)CN1CCCCC1. The van der Waals surface area contributed by atoms with Crippen molar-refractivity contribution in [3.8, 4) is 0 Å². The van der Waals surface area contributed by atoms with Gasteiger partial charge >= 0.3 is 11.9 Å². The van der Waals surface area contributed by atoms with E-state index >= 15 is 0 Å². The summed E-state index contributed by atoms with van der Waals surface area (Å²) in [6.07, 6.45) is 7.54. The zero-order chi connectivity index (χ0) is 20.8. The summed E-state index contributed by atoms with van der Waals surface area (Å²) < 4.78 is 0. The lowest BCUT2D eigenvalue weighted by atomic mass is 10.1. The zero-order valence-electron chi connectivity index (χ0n) is 15.3. The molecule has 0 spiro atoms. The number of β-amino-alcohol motifs (C(OH)–C–C–N with tert-alkyl or cyclic N) is 1. The highest BCUT2D eigenvalue weighted by Gasteiger charge is 2.15. The van der Waals surface area contributed by atoms with Gasteiger partial charge in [-0.1, -0.05) is 23.2 Å². The van der Waals surface area contributed by atoms with Crippen LogP contribution in [0.2, 0.25) is 0 Å². The number of hydrogen-bond acceptors (Lipinski definition) is 7. The molecule has 28 heavy (non-hydrogen) atoms. The van der Waals surface area contributed by atoms with Gasteiger partial charge < -0.3 is 25.1 Å². The molecule has 0 unspecified atom stereocenters. The van der Waals surface area contributed by atoms with Gasteiger partial charge in [0.15, 0.2) is 5.17 Å². The van der Waals surface area contributed by atoms with Crippen LogP contribution in [0.15, 0.2) is 41.8 Å². The van der Waals surface area contributed by atoms with E-state index in [1.807, 2.05) is 0 Å². The molecule has 154 valence electrons. The van der Waals surface area contributed by atoms with Crippen molar-refractivity contribution in [2.75, 3.05) is 26.2 Å². The van der Waals surface area contributed by atoms with E-state index in [2.05, 4.69) is 15.0 Å². The summed E-state index contributed by atoms with van der Waals surface area (Å²) in [6.45, 7) is 2.88. The van der Waals surface area contributed by atoms with E-state index in [1.165, 1.54) is 19.3 Å². The Morgan fingerprint density at radius 1 is 1.25 bits per heavy atom. The Morgan fingerprint density at radius 3 is 2.43 bits per heavy atom. The number of likely N-dealkylation sites (tertiary alicyclic amines) is 1. The van der Waals surface area contributed by atoms with Gasteiger partial charge in [0.1, 0.15) is 12.7 Å². The Bertz CT molecular complexity index is 647. The molecule has 3 N–H and O–H groups in total. The number of aliphatic hydroxyl groups is 1. The maximum atomic E-state index is 9.89. The number of halogens is 1. The molecule has 1 saturated heterocycles. The van der Waals surface area contributed by atoms with Gasteiger partial charge in [-0.05, 0) is 38.1 Å². The monoisotopic (exact) mass is 413 g/mol. The van der Waals surface area contributed by atoms with E-state index in [4.69, 9.17) is 26.7 Å². The lowest BCUT2D eigenvalue weighted by Gasteiger charge is -2.27. The third-order valence-corrected chi connectivity index (χ3v) is 3.88. The molecule has 2 rings (SSSR count). The summed E-state index contributed by atoms with van der Waals surface area (Å²) in [4.78, 5) is 30.4. The van der Waals surface area contributed by atoms with Crippen LogP contribution in [0.5, 0.6) is 0 Å². The average molecular weight is 414 g/mol. The highest BCUT2D eigenvalue weighted by atomic mass is 35.5. The van der Waals surface area contributed by atoms with Crippen LogP contribution in [0, 0.1) is 0 Å². The van der Waals surface area contributed by atoms with Gasteiger partial charge in [0, 0.05) is 36.7 Å². The van der Waals surface area contributed by atoms with Crippen LogP contribution < -0.4 is 0 Å². The third kappa shape index (κ3) is 11.3. The predicted molar refractivity (Wildman–Crippen MR) is 103 cm³/mol. The first-order valence-electron chi connectivity index (χ1n) is 8.68. The number of pyridine rings is 1. The van der Waals surface area contributed by atoms with Crippen molar-refractivity contribution in [1.29, 1.82) is 0 Å². The van der Waals surface area contributed by atoms with Crippen LogP contribution in [0.4, 0.5) is 0 Å². The fourth-order valence-corrected chi connectivity index (χ4v) is 2.51. The van der Waals surface area contributed by atoms with Crippen molar-refractivity contribution in [2.24, 2.45) is 5.16 Å². The molecular formula is C18H24ClN3O6. The van der Waals surface area contributed by atoms with Gasteiger partial charge in [0.2, 0.25) is 0 Å². The number of aliphatic hydroxyl groups excluding tert-OH is 1. The maximum Gasteiger partial charge on any atom is 0.328 e. The number of aromatic nitrogens is 1. The number of nitrogens with zero attached hydrogens (tertiary/aromatic N) is 3. The van der Waals surface area contributed by atoms with E-state index in [-0.39, 0.29) is 11.8 Å². The third-order valence-electron chi connectivity index (χ3n) is 3.60. The molecule has 2 heterocycles. The predicted octanol–water partition coefficient (Wildman–Crippen LogP) is 1.56. The number of carboxylic acid groups (broad SMARTS) is 2. The van der Waals surface area contributed by atoms with Crippen LogP contribution in [-0.2, 0) is 14.4 Å². The molecule has 1 fully saturated rings. The first-order valence-corrected chi connectivity index (χ1v) is 9.06. The number of oxime groups is 1. The van der Waals surface area contributed by atoms with Crippen molar-refractivity contribution < 1.29 is 29.7 Å². The molecule has 0 radical (unpaired) electrons. The highest BCUT2D eigenvalue weighted by Crippen LogP contribution is 2.09. The maximum absolute atomic E-state index is 9.89. The van der Waals surface area contributed by atoms with Crippen molar-refractivity contribution >= 4 is 28.7 Å². The Balaban J connectivity index is 0.000000416. The molecule has 1 atom stereocenters. The topological polar surface area (TPSA) is 133 Å². The normalized spacial score (nSPS) is 16.1. The number of carboxylic acids is 2. The minimum atomic E-state index is -1.26. The van der Waals surface area contributed by atoms with E-state index in [0.717, 1.165) is 13.1 Å². The minimum Gasteiger partial charge on any atom is -0.478 e. The first kappa shape index (κ1) is 23.5. The highest BCUT2D eigenvalue weighted by molar-refractivity contribution is 6.69. The van der Waals surface area contributed by atoms with Crippen LogP contribution in [0.1, 0.15) is 24.8 Å². The van der Waals surface area contributed by atoms with Gasteiger partial charge in [-0.2, -0.15) is 0 Å². The summed E-state index contributed by atoms with van der Waals surface area (Å²) >= 11 is 5.97. The van der Waals surface area contributed by atoms with Crippen LogP contribution in [-0.4, -0.2) is 74.7 Å². The lowest BCUT2D eigenvalue weighted by molar-refractivity contribution is -0.134. The van der Waals surface area contributed by atoms with Gasteiger partial charge in [-0.25, -0.2) is 9.59 Å².